The third-order valence-electron chi connectivity index (χ3n) is 5.11. The maximum Gasteiger partial charge on any atom is 0.257 e. The minimum Gasteiger partial charge on any atom is -0.507 e. The standard InChI is InChI=1S/C23H19NO6/c1-29-21-22(27)24-18-12-8-14(7-9-16-10-11-17(13-25)30-16)20(26)19(18)23(21,28)15-5-3-2-4-6-15/h2-13,21,26,28H,1H3,(H,24,27). The average molecular weight is 405 g/mol. The number of anilines is 1. The van der Waals surface area contributed by atoms with Crippen LogP contribution in [0.15, 0.2) is 59.0 Å². The van der Waals surface area contributed by atoms with Crippen LogP contribution in [0, 0.1) is 0 Å². The highest BCUT2D eigenvalue weighted by atomic mass is 16.5. The van der Waals surface area contributed by atoms with E-state index < -0.39 is 17.6 Å². The number of carbonyl (C=O) groups excluding carboxylic acids is 2. The number of aldehydes is 1. The van der Waals surface area contributed by atoms with Gasteiger partial charge in [-0.3, -0.25) is 9.59 Å². The van der Waals surface area contributed by atoms with E-state index in [2.05, 4.69) is 5.32 Å². The van der Waals surface area contributed by atoms with Crippen LogP contribution in [-0.4, -0.2) is 35.6 Å². The van der Waals surface area contributed by atoms with Crippen molar-refractivity contribution in [3.8, 4) is 5.75 Å². The van der Waals surface area contributed by atoms with Crippen LogP contribution in [0.1, 0.15) is 33.0 Å². The molecule has 7 nitrogen and oxygen atoms in total. The highest BCUT2D eigenvalue weighted by molar-refractivity contribution is 6.00. The lowest BCUT2D eigenvalue weighted by atomic mass is 9.77. The third kappa shape index (κ3) is 3.10. The summed E-state index contributed by atoms with van der Waals surface area (Å²) in [5, 5.41) is 25.5. The lowest BCUT2D eigenvalue weighted by molar-refractivity contribution is -0.142. The van der Waals surface area contributed by atoms with E-state index in [1.807, 2.05) is 0 Å². The molecular formula is C23H19NO6. The number of nitrogens with one attached hydrogen (secondary N) is 1. The van der Waals surface area contributed by atoms with Crippen LogP contribution in [0.4, 0.5) is 5.69 Å². The zero-order valence-corrected chi connectivity index (χ0v) is 16.0. The van der Waals surface area contributed by atoms with Gasteiger partial charge in [0.1, 0.15) is 11.5 Å². The number of furan rings is 1. The normalized spacial score (nSPS) is 20.7. The molecule has 0 radical (unpaired) electrons. The van der Waals surface area contributed by atoms with Crippen molar-refractivity contribution in [2.24, 2.45) is 0 Å². The van der Waals surface area contributed by atoms with Gasteiger partial charge in [0.25, 0.3) is 5.91 Å². The molecule has 30 heavy (non-hydrogen) atoms. The molecule has 1 aliphatic rings. The Morgan fingerprint density at radius 2 is 1.80 bits per heavy atom. The topological polar surface area (TPSA) is 109 Å². The van der Waals surface area contributed by atoms with Crippen molar-refractivity contribution in [1.82, 2.24) is 0 Å². The van der Waals surface area contributed by atoms with E-state index in [0.29, 0.717) is 23.2 Å². The number of aliphatic hydroxyl groups is 1. The molecule has 4 rings (SSSR count). The van der Waals surface area contributed by atoms with Gasteiger partial charge in [0.15, 0.2) is 23.8 Å². The smallest absolute Gasteiger partial charge is 0.257 e. The van der Waals surface area contributed by atoms with Gasteiger partial charge in [-0.2, -0.15) is 0 Å². The molecule has 7 heteroatoms. The zero-order valence-electron chi connectivity index (χ0n) is 16.0. The lowest BCUT2D eigenvalue weighted by Crippen LogP contribution is -2.52. The number of carbonyl (C=O) groups is 2. The van der Waals surface area contributed by atoms with Crippen molar-refractivity contribution in [1.29, 1.82) is 0 Å². The largest absolute Gasteiger partial charge is 0.507 e. The number of ether oxygens (including phenoxy) is 1. The number of hydrogen-bond donors (Lipinski definition) is 3. The Bertz CT molecular complexity index is 1130. The summed E-state index contributed by atoms with van der Waals surface area (Å²) in [5.74, 6) is -0.112. The Kier molecular flexibility index (Phi) is 4.99. The molecule has 2 unspecified atom stereocenters. The van der Waals surface area contributed by atoms with Gasteiger partial charge in [0.2, 0.25) is 0 Å². The Morgan fingerprint density at radius 3 is 2.47 bits per heavy atom. The Hall–Kier alpha value is -3.68. The molecule has 3 aromatic rings. The summed E-state index contributed by atoms with van der Waals surface area (Å²) in [6.07, 6.45) is 2.51. The number of fused-ring (bicyclic) bond motifs is 1. The molecular weight excluding hydrogens is 386 g/mol. The number of aromatic hydroxyl groups is 1. The first kappa shape index (κ1) is 19.6. The number of rotatable bonds is 5. The Morgan fingerprint density at radius 1 is 1.07 bits per heavy atom. The summed E-state index contributed by atoms with van der Waals surface area (Å²) >= 11 is 0. The average Bonchev–Trinajstić information content (AvgIpc) is 3.22. The molecule has 0 saturated carbocycles. The van der Waals surface area contributed by atoms with Crippen LogP contribution in [0.3, 0.4) is 0 Å². The fourth-order valence-corrected chi connectivity index (χ4v) is 3.71. The summed E-state index contributed by atoms with van der Waals surface area (Å²) in [6, 6.07) is 14.9. The van der Waals surface area contributed by atoms with Crippen molar-refractivity contribution in [3.63, 3.8) is 0 Å². The van der Waals surface area contributed by atoms with E-state index >= 15 is 0 Å². The minimum atomic E-state index is -1.91. The van der Waals surface area contributed by atoms with Gasteiger partial charge in [-0.25, -0.2) is 0 Å². The molecule has 3 N–H and O–H groups in total. The van der Waals surface area contributed by atoms with E-state index in [1.54, 1.807) is 60.7 Å². The Labute approximate surface area is 172 Å². The van der Waals surface area contributed by atoms with Crippen molar-refractivity contribution >= 4 is 30.0 Å². The molecule has 0 aliphatic carbocycles. The number of amides is 1. The lowest BCUT2D eigenvalue weighted by Gasteiger charge is -2.40. The molecule has 2 atom stereocenters. The molecule has 1 aromatic heterocycles. The highest BCUT2D eigenvalue weighted by Gasteiger charge is 2.51. The van der Waals surface area contributed by atoms with Crippen molar-refractivity contribution in [2.75, 3.05) is 12.4 Å². The number of phenols is 1. The minimum absolute atomic E-state index is 0.135. The maximum atomic E-state index is 12.6. The molecule has 0 bridgehead atoms. The van der Waals surface area contributed by atoms with E-state index in [1.165, 1.54) is 13.2 Å². The molecule has 0 spiro atoms. The quantitative estimate of drug-likeness (QED) is 0.563. The van der Waals surface area contributed by atoms with Crippen molar-refractivity contribution in [2.45, 2.75) is 11.7 Å². The number of hydrogen-bond acceptors (Lipinski definition) is 6. The second kappa shape index (κ2) is 7.62. The van der Waals surface area contributed by atoms with Gasteiger partial charge in [-0.15, -0.1) is 0 Å². The monoisotopic (exact) mass is 405 g/mol. The fourth-order valence-electron chi connectivity index (χ4n) is 3.71. The summed E-state index contributed by atoms with van der Waals surface area (Å²) in [4.78, 5) is 23.4. The molecule has 1 aliphatic heterocycles. The van der Waals surface area contributed by atoms with Crippen LogP contribution in [0.25, 0.3) is 12.2 Å². The summed E-state index contributed by atoms with van der Waals surface area (Å²) in [6.45, 7) is 0. The predicted octanol–water partition coefficient (Wildman–Crippen LogP) is 3.17. The van der Waals surface area contributed by atoms with E-state index in [4.69, 9.17) is 9.15 Å². The zero-order chi connectivity index (χ0) is 21.3. The first-order valence-corrected chi connectivity index (χ1v) is 9.20. The molecule has 1 amide bonds. The van der Waals surface area contributed by atoms with Gasteiger partial charge in [-0.1, -0.05) is 30.3 Å². The summed E-state index contributed by atoms with van der Waals surface area (Å²) in [7, 11) is 1.32. The van der Waals surface area contributed by atoms with Gasteiger partial charge >= 0.3 is 0 Å². The maximum absolute atomic E-state index is 12.6. The molecule has 2 aromatic carbocycles. The number of methoxy groups -OCH3 is 1. The first-order valence-electron chi connectivity index (χ1n) is 9.20. The van der Waals surface area contributed by atoms with E-state index in [-0.39, 0.29) is 22.8 Å². The van der Waals surface area contributed by atoms with Crippen LogP contribution >= 0.6 is 0 Å². The van der Waals surface area contributed by atoms with Crippen molar-refractivity contribution in [3.05, 3.63) is 82.8 Å². The summed E-state index contributed by atoms with van der Waals surface area (Å²) in [5.41, 5.74) is -0.688. The van der Waals surface area contributed by atoms with E-state index in [9.17, 15) is 19.8 Å². The second-order valence-electron chi connectivity index (χ2n) is 6.85. The predicted molar refractivity (Wildman–Crippen MR) is 110 cm³/mol. The van der Waals surface area contributed by atoms with Gasteiger partial charge in [0.05, 0.1) is 11.3 Å². The third-order valence-corrected chi connectivity index (χ3v) is 5.11. The van der Waals surface area contributed by atoms with Crippen LogP contribution in [-0.2, 0) is 15.1 Å². The van der Waals surface area contributed by atoms with Gasteiger partial charge in [0, 0.05) is 12.7 Å². The van der Waals surface area contributed by atoms with Crippen LogP contribution in [0.2, 0.25) is 0 Å². The van der Waals surface area contributed by atoms with Crippen LogP contribution < -0.4 is 5.32 Å². The van der Waals surface area contributed by atoms with E-state index in [0.717, 1.165) is 0 Å². The SMILES string of the molecule is COC1C(=O)Nc2ccc(C=Cc3ccc(C=O)o3)c(O)c2C1(O)c1ccccc1. The van der Waals surface area contributed by atoms with Gasteiger partial charge in [-0.05, 0) is 42.0 Å². The number of phenolic OH excluding ortho intramolecular Hbond substituents is 1. The Balaban J connectivity index is 1.86. The highest BCUT2D eigenvalue weighted by Crippen LogP contribution is 2.47. The van der Waals surface area contributed by atoms with Crippen molar-refractivity contribution < 1.29 is 29.0 Å². The number of benzene rings is 2. The second-order valence-corrected chi connectivity index (χ2v) is 6.85. The summed E-state index contributed by atoms with van der Waals surface area (Å²) < 4.78 is 10.6. The molecule has 152 valence electrons. The van der Waals surface area contributed by atoms with Gasteiger partial charge < -0.3 is 24.7 Å². The first-order chi connectivity index (χ1) is 14.5. The molecule has 0 fully saturated rings. The van der Waals surface area contributed by atoms with Crippen LogP contribution in [0.5, 0.6) is 5.75 Å². The fraction of sp³-hybridized carbons (Fsp3) is 0.130. The molecule has 0 saturated heterocycles. The molecule has 2 heterocycles.